The van der Waals surface area contributed by atoms with Gasteiger partial charge in [0.05, 0.1) is 28.3 Å². The molecule has 0 aliphatic heterocycles. The first-order valence-corrected chi connectivity index (χ1v) is 5.32. The molecule has 0 amide bonds. The van der Waals surface area contributed by atoms with Crippen LogP contribution in [0, 0.1) is 17.2 Å². The molecule has 0 saturated heterocycles. The van der Waals surface area contributed by atoms with E-state index in [2.05, 4.69) is 0 Å². The summed E-state index contributed by atoms with van der Waals surface area (Å²) >= 11 is 11.9. The molecule has 0 spiro atoms. The molecule has 0 aliphatic rings. The second-order valence-electron chi connectivity index (χ2n) is 3.59. The molecule has 2 nitrogen and oxygen atoms in total. The zero-order chi connectivity index (χ0) is 11.4. The van der Waals surface area contributed by atoms with Crippen molar-refractivity contribution in [3.63, 3.8) is 0 Å². The molecule has 0 fully saturated rings. The van der Waals surface area contributed by atoms with Gasteiger partial charge in [0.2, 0.25) is 0 Å². The average molecular weight is 244 g/mol. The van der Waals surface area contributed by atoms with Crippen LogP contribution < -0.4 is 4.74 Å². The third kappa shape index (κ3) is 3.30. The Morgan fingerprint density at radius 2 is 1.87 bits per heavy atom. The topological polar surface area (TPSA) is 33.0 Å². The van der Waals surface area contributed by atoms with Crippen molar-refractivity contribution in [1.82, 2.24) is 0 Å². The molecule has 0 saturated carbocycles. The maximum Gasteiger partial charge on any atom is 0.156 e. The van der Waals surface area contributed by atoms with Crippen LogP contribution >= 0.6 is 23.2 Å². The molecule has 15 heavy (non-hydrogen) atoms. The molecular formula is C11H11Cl2NO. The van der Waals surface area contributed by atoms with Gasteiger partial charge in [0.25, 0.3) is 0 Å². The summed E-state index contributed by atoms with van der Waals surface area (Å²) in [7, 11) is 0. The van der Waals surface area contributed by atoms with E-state index in [9.17, 15) is 0 Å². The molecule has 4 heteroatoms. The fourth-order valence-corrected chi connectivity index (χ4v) is 1.61. The summed E-state index contributed by atoms with van der Waals surface area (Å²) < 4.78 is 5.46. The standard InChI is InChI=1S/C11H11Cl2NO/c1-7(2)6-15-11-9(12)3-8(5-14)4-10(11)13/h3-4,7H,6H2,1-2H3. The summed E-state index contributed by atoms with van der Waals surface area (Å²) in [6.07, 6.45) is 0. The van der Waals surface area contributed by atoms with Crippen molar-refractivity contribution in [3.8, 4) is 11.8 Å². The van der Waals surface area contributed by atoms with Gasteiger partial charge in [-0.1, -0.05) is 37.0 Å². The first-order chi connectivity index (χ1) is 7.04. The van der Waals surface area contributed by atoms with E-state index in [-0.39, 0.29) is 0 Å². The van der Waals surface area contributed by atoms with Gasteiger partial charge in [-0.05, 0) is 18.1 Å². The number of halogens is 2. The number of hydrogen-bond donors (Lipinski definition) is 0. The van der Waals surface area contributed by atoms with Crippen molar-refractivity contribution < 1.29 is 4.74 Å². The predicted molar refractivity (Wildman–Crippen MR) is 61.5 cm³/mol. The van der Waals surface area contributed by atoms with E-state index in [0.717, 1.165) is 0 Å². The second kappa shape index (κ2) is 5.25. The Bertz CT molecular complexity index is 373. The minimum absolute atomic E-state index is 0.375. The number of rotatable bonds is 3. The van der Waals surface area contributed by atoms with Crippen LogP contribution in [0.15, 0.2) is 12.1 Å². The van der Waals surface area contributed by atoms with E-state index in [1.807, 2.05) is 19.9 Å². The first kappa shape index (κ1) is 12.2. The lowest BCUT2D eigenvalue weighted by Crippen LogP contribution is -2.05. The molecule has 1 rings (SSSR count). The van der Waals surface area contributed by atoms with Crippen molar-refractivity contribution in [3.05, 3.63) is 27.7 Å². The van der Waals surface area contributed by atoms with Crippen LogP contribution in [0.4, 0.5) is 0 Å². The van der Waals surface area contributed by atoms with E-state index >= 15 is 0 Å². The summed E-state index contributed by atoms with van der Waals surface area (Å²) in [5, 5.41) is 9.44. The summed E-state index contributed by atoms with van der Waals surface area (Å²) in [5.74, 6) is 0.846. The van der Waals surface area contributed by atoms with Crippen molar-refractivity contribution in [1.29, 1.82) is 5.26 Å². The molecule has 1 aromatic rings. The number of nitriles is 1. The normalized spacial score (nSPS) is 10.1. The first-order valence-electron chi connectivity index (χ1n) is 4.56. The number of nitrogens with zero attached hydrogens (tertiary/aromatic N) is 1. The van der Waals surface area contributed by atoms with Gasteiger partial charge in [-0.15, -0.1) is 0 Å². The minimum atomic E-state index is 0.375. The van der Waals surface area contributed by atoms with Crippen LogP contribution in [0.25, 0.3) is 0 Å². The molecule has 0 bridgehead atoms. The lowest BCUT2D eigenvalue weighted by molar-refractivity contribution is 0.271. The largest absolute Gasteiger partial charge is 0.490 e. The van der Waals surface area contributed by atoms with E-state index in [4.69, 9.17) is 33.2 Å². The predicted octanol–water partition coefficient (Wildman–Crippen LogP) is 3.90. The molecule has 0 aliphatic carbocycles. The molecule has 0 aromatic heterocycles. The molecule has 0 heterocycles. The SMILES string of the molecule is CC(C)COc1c(Cl)cc(C#N)cc1Cl. The van der Waals surface area contributed by atoms with Crippen LogP contribution in [0.2, 0.25) is 10.0 Å². The maximum absolute atomic E-state index is 8.69. The molecule has 0 radical (unpaired) electrons. The molecule has 80 valence electrons. The smallest absolute Gasteiger partial charge is 0.156 e. The van der Waals surface area contributed by atoms with Gasteiger partial charge in [0, 0.05) is 0 Å². The van der Waals surface area contributed by atoms with Gasteiger partial charge in [0.15, 0.2) is 5.75 Å². The lowest BCUT2D eigenvalue weighted by atomic mass is 10.2. The van der Waals surface area contributed by atoms with E-state index in [1.165, 1.54) is 0 Å². The second-order valence-corrected chi connectivity index (χ2v) is 4.40. The van der Waals surface area contributed by atoms with E-state index in [1.54, 1.807) is 12.1 Å². The third-order valence-corrected chi connectivity index (χ3v) is 2.25. The highest BCUT2D eigenvalue weighted by Gasteiger charge is 2.10. The highest BCUT2D eigenvalue weighted by Crippen LogP contribution is 2.34. The Morgan fingerprint density at radius 1 is 1.33 bits per heavy atom. The van der Waals surface area contributed by atoms with Gasteiger partial charge in [-0.25, -0.2) is 0 Å². The third-order valence-electron chi connectivity index (χ3n) is 1.69. The molecule has 1 aromatic carbocycles. The van der Waals surface area contributed by atoms with Crippen LogP contribution in [0.3, 0.4) is 0 Å². The number of benzene rings is 1. The zero-order valence-electron chi connectivity index (χ0n) is 8.55. The Kier molecular flexibility index (Phi) is 4.26. The fraction of sp³-hybridized carbons (Fsp3) is 0.364. The maximum atomic E-state index is 8.69. The van der Waals surface area contributed by atoms with Crippen LogP contribution in [-0.2, 0) is 0 Å². The van der Waals surface area contributed by atoms with Crippen molar-refractivity contribution in [2.45, 2.75) is 13.8 Å². The lowest BCUT2D eigenvalue weighted by Gasteiger charge is -2.11. The molecule has 0 atom stereocenters. The number of hydrogen-bond acceptors (Lipinski definition) is 2. The highest BCUT2D eigenvalue weighted by molar-refractivity contribution is 6.37. The Hall–Kier alpha value is -0.910. The monoisotopic (exact) mass is 243 g/mol. The zero-order valence-corrected chi connectivity index (χ0v) is 10.1. The summed E-state index contributed by atoms with van der Waals surface area (Å²) in [6.45, 7) is 4.61. The van der Waals surface area contributed by atoms with Gasteiger partial charge < -0.3 is 4.74 Å². The Morgan fingerprint density at radius 3 is 2.27 bits per heavy atom. The van der Waals surface area contributed by atoms with Gasteiger partial charge in [0.1, 0.15) is 0 Å². The minimum Gasteiger partial charge on any atom is -0.490 e. The average Bonchev–Trinajstić information content (AvgIpc) is 2.15. The highest BCUT2D eigenvalue weighted by atomic mass is 35.5. The van der Waals surface area contributed by atoms with Crippen molar-refractivity contribution in [2.24, 2.45) is 5.92 Å². The molecule has 0 N–H and O–H groups in total. The Labute approximate surface area is 99.4 Å². The summed E-state index contributed by atoms with van der Waals surface area (Å²) in [5.41, 5.74) is 0.432. The number of ether oxygens (including phenoxy) is 1. The molecule has 0 unspecified atom stereocenters. The Balaban J connectivity index is 2.94. The fourth-order valence-electron chi connectivity index (χ4n) is 1.01. The van der Waals surface area contributed by atoms with Gasteiger partial charge >= 0.3 is 0 Å². The van der Waals surface area contributed by atoms with Crippen LogP contribution in [0.1, 0.15) is 19.4 Å². The quantitative estimate of drug-likeness (QED) is 0.807. The van der Waals surface area contributed by atoms with Crippen molar-refractivity contribution in [2.75, 3.05) is 6.61 Å². The van der Waals surface area contributed by atoms with E-state index < -0.39 is 0 Å². The van der Waals surface area contributed by atoms with Crippen molar-refractivity contribution >= 4 is 23.2 Å². The van der Waals surface area contributed by atoms with Gasteiger partial charge in [-0.2, -0.15) is 5.26 Å². The summed E-state index contributed by atoms with van der Waals surface area (Å²) in [4.78, 5) is 0. The summed E-state index contributed by atoms with van der Waals surface area (Å²) in [6, 6.07) is 5.07. The molecular weight excluding hydrogens is 233 g/mol. The van der Waals surface area contributed by atoms with Crippen LogP contribution in [-0.4, -0.2) is 6.61 Å². The van der Waals surface area contributed by atoms with Crippen LogP contribution in [0.5, 0.6) is 5.75 Å². The van der Waals surface area contributed by atoms with E-state index in [0.29, 0.717) is 33.9 Å². The van der Waals surface area contributed by atoms with Gasteiger partial charge in [-0.3, -0.25) is 0 Å².